The van der Waals surface area contributed by atoms with Crippen LogP contribution in [0.2, 0.25) is 0 Å². The molecule has 6 nitrogen and oxygen atoms in total. The van der Waals surface area contributed by atoms with Crippen molar-refractivity contribution < 1.29 is 14.3 Å². The summed E-state index contributed by atoms with van der Waals surface area (Å²) in [6, 6.07) is 0.230. The van der Waals surface area contributed by atoms with Crippen molar-refractivity contribution >= 4 is 11.8 Å². The minimum Gasteiger partial charge on any atom is -0.368 e. The summed E-state index contributed by atoms with van der Waals surface area (Å²) in [5.41, 5.74) is 0. The summed E-state index contributed by atoms with van der Waals surface area (Å²) in [5.74, 6) is 0.938. The van der Waals surface area contributed by atoms with Crippen LogP contribution in [0.15, 0.2) is 0 Å². The smallest absolute Gasteiger partial charge is 0.251 e. The van der Waals surface area contributed by atoms with Gasteiger partial charge in [0.15, 0.2) is 0 Å². The second kappa shape index (κ2) is 10.1. The zero-order chi connectivity index (χ0) is 18.2. The van der Waals surface area contributed by atoms with E-state index in [-0.39, 0.29) is 24.0 Å². The molecule has 144 valence electrons. The number of hydrogen-bond donors (Lipinski definition) is 1. The SMILES string of the molecule is CC(C)CCCC(C)NC(=O)CN1CCN(C(=O)C2CCCO2)CC1. The fourth-order valence-corrected chi connectivity index (χ4v) is 3.53. The molecule has 2 atom stereocenters. The molecule has 0 bridgehead atoms. The van der Waals surface area contributed by atoms with E-state index in [0.29, 0.717) is 26.2 Å². The lowest BCUT2D eigenvalue weighted by molar-refractivity contribution is -0.142. The first-order chi connectivity index (χ1) is 12.0. The minimum atomic E-state index is -0.235. The van der Waals surface area contributed by atoms with Gasteiger partial charge in [0.1, 0.15) is 6.10 Å². The molecule has 0 spiro atoms. The third kappa shape index (κ3) is 6.94. The molecule has 2 amide bonds. The van der Waals surface area contributed by atoms with Gasteiger partial charge in [-0.05, 0) is 32.1 Å². The van der Waals surface area contributed by atoms with Crippen LogP contribution in [-0.2, 0) is 14.3 Å². The predicted molar refractivity (Wildman–Crippen MR) is 98.3 cm³/mol. The van der Waals surface area contributed by atoms with Crippen molar-refractivity contribution in [2.75, 3.05) is 39.3 Å². The van der Waals surface area contributed by atoms with Crippen LogP contribution in [0.4, 0.5) is 0 Å². The molecule has 0 aromatic carbocycles. The molecule has 2 rings (SSSR count). The van der Waals surface area contributed by atoms with Gasteiger partial charge in [0.2, 0.25) is 5.91 Å². The van der Waals surface area contributed by atoms with Crippen molar-refractivity contribution in [3.63, 3.8) is 0 Å². The monoisotopic (exact) mass is 353 g/mol. The second-order valence-corrected chi connectivity index (χ2v) is 7.90. The van der Waals surface area contributed by atoms with E-state index in [1.54, 1.807) is 0 Å². The molecule has 2 aliphatic heterocycles. The number of rotatable bonds is 8. The van der Waals surface area contributed by atoms with Gasteiger partial charge < -0.3 is 15.0 Å². The molecular formula is C19H35N3O3. The molecule has 0 radical (unpaired) electrons. The Morgan fingerprint density at radius 1 is 1.12 bits per heavy atom. The van der Waals surface area contributed by atoms with Gasteiger partial charge in [-0.25, -0.2) is 0 Å². The number of piperazine rings is 1. The largest absolute Gasteiger partial charge is 0.368 e. The van der Waals surface area contributed by atoms with Gasteiger partial charge in [0, 0.05) is 38.8 Å². The molecule has 0 aromatic heterocycles. The maximum atomic E-state index is 12.3. The van der Waals surface area contributed by atoms with Crippen LogP contribution in [-0.4, -0.2) is 73.1 Å². The summed E-state index contributed by atoms with van der Waals surface area (Å²) in [4.78, 5) is 28.5. The van der Waals surface area contributed by atoms with Crippen molar-refractivity contribution in [2.45, 2.75) is 65.0 Å². The third-order valence-corrected chi connectivity index (χ3v) is 5.08. The predicted octanol–water partition coefficient (Wildman–Crippen LogP) is 1.64. The molecule has 25 heavy (non-hydrogen) atoms. The number of nitrogens with zero attached hydrogens (tertiary/aromatic N) is 2. The summed E-state index contributed by atoms with van der Waals surface area (Å²) in [5, 5.41) is 3.10. The summed E-state index contributed by atoms with van der Waals surface area (Å²) < 4.78 is 5.48. The average molecular weight is 354 g/mol. The number of hydrogen-bond acceptors (Lipinski definition) is 4. The fourth-order valence-electron chi connectivity index (χ4n) is 3.53. The van der Waals surface area contributed by atoms with E-state index in [4.69, 9.17) is 4.74 Å². The zero-order valence-corrected chi connectivity index (χ0v) is 16.1. The summed E-state index contributed by atoms with van der Waals surface area (Å²) in [7, 11) is 0. The molecule has 2 saturated heterocycles. The molecule has 2 fully saturated rings. The van der Waals surface area contributed by atoms with E-state index < -0.39 is 0 Å². The summed E-state index contributed by atoms with van der Waals surface area (Å²) in [6.07, 6.45) is 4.99. The van der Waals surface area contributed by atoms with E-state index in [1.807, 2.05) is 4.90 Å². The van der Waals surface area contributed by atoms with Gasteiger partial charge >= 0.3 is 0 Å². The topological polar surface area (TPSA) is 61.9 Å². The highest BCUT2D eigenvalue weighted by molar-refractivity contribution is 5.81. The van der Waals surface area contributed by atoms with Crippen molar-refractivity contribution in [2.24, 2.45) is 5.92 Å². The molecular weight excluding hydrogens is 318 g/mol. The van der Waals surface area contributed by atoms with Crippen molar-refractivity contribution in [1.29, 1.82) is 0 Å². The Morgan fingerprint density at radius 2 is 1.84 bits per heavy atom. The molecule has 1 N–H and O–H groups in total. The molecule has 2 aliphatic rings. The molecule has 2 heterocycles. The van der Waals surface area contributed by atoms with Crippen LogP contribution >= 0.6 is 0 Å². The van der Waals surface area contributed by atoms with Crippen LogP contribution < -0.4 is 5.32 Å². The van der Waals surface area contributed by atoms with Crippen LogP contribution in [0, 0.1) is 5.92 Å². The molecule has 2 unspecified atom stereocenters. The van der Waals surface area contributed by atoms with E-state index in [9.17, 15) is 9.59 Å². The Labute approximate surface area is 152 Å². The first-order valence-corrected chi connectivity index (χ1v) is 9.88. The van der Waals surface area contributed by atoms with Gasteiger partial charge in [-0.3, -0.25) is 14.5 Å². The lowest BCUT2D eigenvalue weighted by Gasteiger charge is -2.35. The van der Waals surface area contributed by atoms with Gasteiger partial charge in [-0.2, -0.15) is 0 Å². The Bertz CT molecular complexity index is 428. The number of carbonyl (C=O) groups excluding carboxylic acids is 2. The second-order valence-electron chi connectivity index (χ2n) is 7.90. The van der Waals surface area contributed by atoms with Crippen LogP contribution in [0.25, 0.3) is 0 Å². The van der Waals surface area contributed by atoms with Gasteiger partial charge in [0.05, 0.1) is 6.54 Å². The average Bonchev–Trinajstić information content (AvgIpc) is 3.08. The van der Waals surface area contributed by atoms with Gasteiger partial charge in [-0.1, -0.05) is 26.7 Å². The number of carbonyl (C=O) groups is 2. The first-order valence-electron chi connectivity index (χ1n) is 9.88. The van der Waals surface area contributed by atoms with Crippen LogP contribution in [0.5, 0.6) is 0 Å². The maximum Gasteiger partial charge on any atom is 0.251 e. The maximum absolute atomic E-state index is 12.3. The lowest BCUT2D eigenvalue weighted by atomic mass is 10.0. The highest BCUT2D eigenvalue weighted by atomic mass is 16.5. The van der Waals surface area contributed by atoms with Crippen LogP contribution in [0.1, 0.15) is 52.9 Å². The Balaban J connectivity index is 1.62. The van der Waals surface area contributed by atoms with E-state index >= 15 is 0 Å². The van der Waals surface area contributed by atoms with Gasteiger partial charge in [0.25, 0.3) is 5.91 Å². The molecule has 0 aliphatic carbocycles. The highest BCUT2D eigenvalue weighted by Crippen LogP contribution is 2.16. The normalized spacial score (nSPS) is 23.0. The van der Waals surface area contributed by atoms with Crippen molar-refractivity contribution in [3.8, 4) is 0 Å². The van der Waals surface area contributed by atoms with Crippen molar-refractivity contribution in [1.82, 2.24) is 15.1 Å². The quantitative estimate of drug-likeness (QED) is 0.721. The first kappa shape index (κ1) is 20.2. The number of nitrogens with one attached hydrogen (secondary N) is 1. The Hall–Kier alpha value is -1.14. The Morgan fingerprint density at radius 3 is 2.44 bits per heavy atom. The Kier molecular flexibility index (Phi) is 8.16. The highest BCUT2D eigenvalue weighted by Gasteiger charge is 2.30. The molecule has 0 aromatic rings. The summed E-state index contributed by atoms with van der Waals surface area (Å²) >= 11 is 0. The number of amides is 2. The molecule has 6 heteroatoms. The van der Waals surface area contributed by atoms with E-state index in [0.717, 1.165) is 44.7 Å². The zero-order valence-electron chi connectivity index (χ0n) is 16.1. The molecule has 0 saturated carbocycles. The van der Waals surface area contributed by atoms with Crippen molar-refractivity contribution in [3.05, 3.63) is 0 Å². The third-order valence-electron chi connectivity index (χ3n) is 5.08. The van der Waals surface area contributed by atoms with Gasteiger partial charge in [-0.15, -0.1) is 0 Å². The minimum absolute atomic E-state index is 0.0935. The van der Waals surface area contributed by atoms with Crippen LogP contribution in [0.3, 0.4) is 0 Å². The standard InChI is InChI=1S/C19H35N3O3/c1-15(2)6-4-7-16(3)20-18(23)14-21-9-11-22(12-10-21)19(24)17-8-5-13-25-17/h15-17H,4-14H2,1-3H3,(H,20,23). The fraction of sp³-hybridized carbons (Fsp3) is 0.895. The number of ether oxygens (including phenoxy) is 1. The summed E-state index contributed by atoms with van der Waals surface area (Å²) in [6.45, 7) is 10.6. The lowest BCUT2D eigenvalue weighted by Crippen LogP contribution is -2.53. The van der Waals surface area contributed by atoms with E-state index in [2.05, 4.69) is 31.0 Å². The van der Waals surface area contributed by atoms with E-state index in [1.165, 1.54) is 6.42 Å².